The Morgan fingerprint density at radius 3 is 2.27 bits per heavy atom. The molecule has 1 aromatic heterocycles. The minimum absolute atomic E-state index is 0.0121. The van der Waals surface area contributed by atoms with E-state index in [1.54, 1.807) is 13.8 Å². The molecule has 114 valence electrons. The molecule has 0 bridgehead atoms. The first-order valence-electron chi connectivity index (χ1n) is 6.53. The highest BCUT2D eigenvalue weighted by atomic mass is 16.5. The Labute approximate surface area is 127 Å². The zero-order valence-electron chi connectivity index (χ0n) is 12.2. The molecule has 0 fully saturated rings. The predicted octanol–water partition coefficient (Wildman–Crippen LogP) is 2.54. The normalized spacial score (nSPS) is 10.1. The third-order valence-electron chi connectivity index (χ3n) is 2.91. The molecular formula is C15H15N3O4. The van der Waals surface area contributed by atoms with Gasteiger partial charge in [0.1, 0.15) is 12.2 Å². The maximum Gasteiger partial charge on any atom is 0.414 e. The van der Waals surface area contributed by atoms with Crippen molar-refractivity contribution in [1.29, 1.82) is 0 Å². The summed E-state index contributed by atoms with van der Waals surface area (Å²) < 4.78 is 5.04. The minimum atomic E-state index is -1.10. The third-order valence-corrected chi connectivity index (χ3v) is 2.91. The lowest BCUT2D eigenvalue weighted by Gasteiger charge is -2.09. The first-order valence-corrected chi connectivity index (χ1v) is 6.53. The number of nitrogens with zero attached hydrogens (tertiary/aromatic N) is 2. The Bertz CT molecular complexity index is 678. The van der Waals surface area contributed by atoms with Crippen molar-refractivity contribution in [1.82, 2.24) is 9.97 Å². The van der Waals surface area contributed by atoms with Crippen LogP contribution in [0.4, 0.5) is 10.7 Å². The monoisotopic (exact) mass is 301 g/mol. The second kappa shape index (κ2) is 6.66. The topological polar surface area (TPSA) is 101 Å². The number of rotatable bonds is 4. The molecule has 0 saturated carbocycles. The van der Waals surface area contributed by atoms with E-state index in [-0.39, 0.29) is 29.5 Å². The molecule has 0 aliphatic rings. The largest absolute Gasteiger partial charge is 0.478 e. The maximum atomic E-state index is 11.7. The van der Waals surface area contributed by atoms with Crippen LogP contribution in [0, 0.1) is 13.8 Å². The number of carbonyl (C=O) groups is 2. The van der Waals surface area contributed by atoms with E-state index in [0.717, 1.165) is 5.56 Å². The van der Waals surface area contributed by atoms with Gasteiger partial charge >= 0.3 is 12.1 Å². The molecule has 0 aliphatic heterocycles. The number of aromatic carboxylic acids is 1. The summed E-state index contributed by atoms with van der Waals surface area (Å²) in [5, 5.41) is 11.4. The molecule has 1 aromatic carbocycles. The Morgan fingerprint density at radius 1 is 1.14 bits per heavy atom. The van der Waals surface area contributed by atoms with Crippen molar-refractivity contribution in [3.8, 4) is 0 Å². The quantitative estimate of drug-likeness (QED) is 0.899. The number of aryl methyl sites for hydroxylation is 2. The van der Waals surface area contributed by atoms with Crippen LogP contribution in [0.2, 0.25) is 0 Å². The summed E-state index contributed by atoms with van der Waals surface area (Å²) in [6, 6.07) is 9.22. The zero-order valence-corrected chi connectivity index (χ0v) is 12.2. The first-order chi connectivity index (χ1) is 10.5. The highest BCUT2D eigenvalue weighted by Gasteiger charge is 2.16. The molecule has 0 spiro atoms. The fourth-order valence-electron chi connectivity index (χ4n) is 1.93. The van der Waals surface area contributed by atoms with Crippen LogP contribution in [0.25, 0.3) is 0 Å². The maximum absolute atomic E-state index is 11.7. The standard InChI is InChI=1S/C15H15N3O4/c1-9-12(13(19)20)10(2)17-14(16-9)18-15(21)22-8-11-6-4-3-5-7-11/h3-7H,8H2,1-2H3,(H,19,20)(H,16,17,18,21). The molecule has 0 atom stereocenters. The van der Waals surface area contributed by atoms with E-state index in [1.807, 2.05) is 30.3 Å². The van der Waals surface area contributed by atoms with Crippen molar-refractivity contribution in [3.05, 3.63) is 52.8 Å². The molecule has 0 saturated heterocycles. The van der Waals surface area contributed by atoms with E-state index in [4.69, 9.17) is 9.84 Å². The van der Waals surface area contributed by atoms with Crippen molar-refractivity contribution < 1.29 is 19.4 Å². The van der Waals surface area contributed by atoms with Gasteiger partial charge in [0.2, 0.25) is 5.95 Å². The van der Waals surface area contributed by atoms with Gasteiger partial charge in [-0.25, -0.2) is 19.6 Å². The van der Waals surface area contributed by atoms with Gasteiger partial charge in [0.15, 0.2) is 0 Å². The summed E-state index contributed by atoms with van der Waals surface area (Å²) in [6.45, 7) is 3.20. The van der Waals surface area contributed by atoms with Crippen molar-refractivity contribution in [3.63, 3.8) is 0 Å². The Hall–Kier alpha value is -2.96. The lowest BCUT2D eigenvalue weighted by molar-refractivity contribution is 0.0694. The summed E-state index contributed by atoms with van der Waals surface area (Å²) in [7, 11) is 0. The first kappa shape index (κ1) is 15.4. The highest BCUT2D eigenvalue weighted by molar-refractivity contribution is 5.90. The number of hydrogen-bond donors (Lipinski definition) is 2. The number of ether oxygens (including phenoxy) is 1. The van der Waals surface area contributed by atoms with Gasteiger partial charge in [-0.15, -0.1) is 0 Å². The fourth-order valence-corrected chi connectivity index (χ4v) is 1.93. The number of nitrogens with one attached hydrogen (secondary N) is 1. The van der Waals surface area contributed by atoms with Crippen molar-refractivity contribution in [2.45, 2.75) is 20.5 Å². The minimum Gasteiger partial charge on any atom is -0.478 e. The zero-order chi connectivity index (χ0) is 16.1. The molecule has 0 aliphatic carbocycles. The number of carbonyl (C=O) groups excluding carboxylic acids is 1. The Morgan fingerprint density at radius 2 is 1.73 bits per heavy atom. The highest BCUT2D eigenvalue weighted by Crippen LogP contribution is 2.13. The summed E-state index contributed by atoms with van der Waals surface area (Å²) in [5.74, 6) is -1.09. The molecule has 2 rings (SSSR count). The molecule has 22 heavy (non-hydrogen) atoms. The van der Waals surface area contributed by atoms with Gasteiger partial charge in [-0.3, -0.25) is 5.32 Å². The van der Waals surface area contributed by atoms with Gasteiger partial charge in [0.25, 0.3) is 0 Å². The number of aromatic nitrogens is 2. The summed E-state index contributed by atoms with van der Waals surface area (Å²) in [4.78, 5) is 30.6. The van der Waals surface area contributed by atoms with Crippen LogP contribution < -0.4 is 5.32 Å². The van der Waals surface area contributed by atoms with Gasteiger partial charge in [0, 0.05) is 0 Å². The number of anilines is 1. The van der Waals surface area contributed by atoms with Gasteiger partial charge < -0.3 is 9.84 Å². The molecular weight excluding hydrogens is 286 g/mol. The number of carboxylic acid groups (broad SMARTS) is 1. The average molecular weight is 301 g/mol. The molecule has 2 aromatic rings. The summed E-state index contributed by atoms with van der Waals surface area (Å²) in [5.41, 5.74) is 1.44. The molecule has 1 heterocycles. The van der Waals surface area contributed by atoms with Crippen LogP contribution in [0.3, 0.4) is 0 Å². The number of hydrogen-bond acceptors (Lipinski definition) is 5. The van der Waals surface area contributed by atoms with Gasteiger partial charge in [-0.1, -0.05) is 30.3 Å². The molecule has 7 heteroatoms. The van der Waals surface area contributed by atoms with E-state index < -0.39 is 12.1 Å². The summed E-state index contributed by atoms with van der Waals surface area (Å²) >= 11 is 0. The summed E-state index contributed by atoms with van der Waals surface area (Å²) in [6.07, 6.45) is -0.703. The van der Waals surface area contributed by atoms with Crippen LogP contribution in [0.1, 0.15) is 27.3 Å². The smallest absolute Gasteiger partial charge is 0.414 e. The molecule has 0 unspecified atom stereocenters. The number of carboxylic acids is 1. The van der Waals surface area contributed by atoms with Crippen LogP contribution in [-0.4, -0.2) is 27.1 Å². The second-order valence-corrected chi connectivity index (χ2v) is 4.58. The number of amides is 1. The molecule has 2 N–H and O–H groups in total. The SMILES string of the molecule is Cc1nc(NC(=O)OCc2ccccc2)nc(C)c1C(=O)O. The van der Waals surface area contributed by atoms with Crippen LogP contribution in [-0.2, 0) is 11.3 Å². The van der Waals surface area contributed by atoms with Crippen LogP contribution in [0.15, 0.2) is 30.3 Å². The molecule has 0 radical (unpaired) electrons. The van der Waals surface area contributed by atoms with Gasteiger partial charge in [0.05, 0.1) is 11.4 Å². The van der Waals surface area contributed by atoms with E-state index in [1.165, 1.54) is 0 Å². The van der Waals surface area contributed by atoms with E-state index in [9.17, 15) is 9.59 Å². The van der Waals surface area contributed by atoms with E-state index in [2.05, 4.69) is 15.3 Å². The van der Waals surface area contributed by atoms with Crippen LogP contribution in [0.5, 0.6) is 0 Å². The van der Waals surface area contributed by atoms with Gasteiger partial charge in [-0.05, 0) is 19.4 Å². The van der Waals surface area contributed by atoms with Crippen molar-refractivity contribution in [2.24, 2.45) is 0 Å². The second-order valence-electron chi connectivity index (χ2n) is 4.58. The predicted molar refractivity (Wildman–Crippen MR) is 78.7 cm³/mol. The van der Waals surface area contributed by atoms with Gasteiger partial charge in [-0.2, -0.15) is 0 Å². The average Bonchev–Trinajstić information content (AvgIpc) is 2.45. The lowest BCUT2D eigenvalue weighted by Crippen LogP contribution is -2.18. The van der Waals surface area contributed by atoms with Crippen molar-refractivity contribution in [2.75, 3.05) is 5.32 Å². The van der Waals surface area contributed by atoms with E-state index in [0.29, 0.717) is 0 Å². The van der Waals surface area contributed by atoms with E-state index >= 15 is 0 Å². The Kier molecular flexibility index (Phi) is 4.67. The molecule has 7 nitrogen and oxygen atoms in total. The van der Waals surface area contributed by atoms with Crippen LogP contribution >= 0.6 is 0 Å². The molecule has 1 amide bonds. The fraction of sp³-hybridized carbons (Fsp3) is 0.200. The number of benzene rings is 1. The van der Waals surface area contributed by atoms with Crippen molar-refractivity contribution >= 4 is 18.0 Å². The Balaban J connectivity index is 2.01. The third kappa shape index (κ3) is 3.78. The lowest BCUT2D eigenvalue weighted by atomic mass is 10.2.